The fourth-order valence-corrected chi connectivity index (χ4v) is 3.36. The van der Waals surface area contributed by atoms with Gasteiger partial charge in [0.25, 0.3) is 0 Å². The van der Waals surface area contributed by atoms with Crippen molar-refractivity contribution in [2.75, 3.05) is 0 Å². The first kappa shape index (κ1) is 20.3. The number of hydrogen-bond acceptors (Lipinski definition) is 4. The Kier molecular flexibility index (Phi) is 5.21. The molecule has 2 unspecified atom stereocenters. The van der Waals surface area contributed by atoms with Gasteiger partial charge in [-0.3, -0.25) is 4.98 Å². The molecule has 4 nitrogen and oxygen atoms in total. The third-order valence-electron chi connectivity index (χ3n) is 4.61. The van der Waals surface area contributed by atoms with Gasteiger partial charge >= 0.3 is 0 Å². The van der Waals surface area contributed by atoms with Crippen molar-refractivity contribution in [1.82, 2.24) is 10.1 Å². The molecule has 0 saturated heterocycles. The van der Waals surface area contributed by atoms with Crippen molar-refractivity contribution in [3.63, 3.8) is 0 Å². The smallest absolute Gasteiger partial charge is 0.208 e. The van der Waals surface area contributed by atoms with Crippen molar-refractivity contribution in [2.45, 2.75) is 17.7 Å². The minimum atomic E-state index is -2.40. The lowest BCUT2D eigenvalue weighted by Crippen LogP contribution is -2.15. The van der Waals surface area contributed by atoms with E-state index in [0.29, 0.717) is 11.6 Å². The quantitative estimate of drug-likeness (QED) is 0.424. The van der Waals surface area contributed by atoms with Crippen LogP contribution in [-0.2, 0) is 0 Å². The van der Waals surface area contributed by atoms with Gasteiger partial charge in [-0.25, -0.2) is 17.6 Å². The van der Waals surface area contributed by atoms with Crippen molar-refractivity contribution < 1.29 is 27.2 Å². The number of rotatable bonds is 4. The third kappa shape index (κ3) is 3.76. The number of aliphatic hydroxyl groups excluding tert-OH is 1. The van der Waals surface area contributed by atoms with Gasteiger partial charge in [-0.15, -0.1) is 0 Å². The summed E-state index contributed by atoms with van der Waals surface area (Å²) in [5.74, 6) is -2.92. The van der Waals surface area contributed by atoms with Crippen molar-refractivity contribution in [3.05, 3.63) is 89.2 Å². The Labute approximate surface area is 173 Å². The molecule has 2 atom stereocenters. The molecule has 0 bridgehead atoms. The summed E-state index contributed by atoms with van der Waals surface area (Å²) in [5, 5.41) is 12.4. The van der Waals surface area contributed by atoms with Gasteiger partial charge in [0.05, 0.1) is 17.5 Å². The van der Waals surface area contributed by atoms with Crippen molar-refractivity contribution in [2.24, 2.45) is 0 Å². The monoisotopic (exact) mass is 436 g/mol. The first-order chi connectivity index (χ1) is 14.3. The summed E-state index contributed by atoms with van der Waals surface area (Å²) in [7, 11) is 0. The van der Waals surface area contributed by atoms with Crippen LogP contribution in [0, 0.1) is 11.6 Å². The zero-order valence-electron chi connectivity index (χ0n) is 15.1. The summed E-state index contributed by atoms with van der Waals surface area (Å²) in [6, 6.07) is 5.87. The van der Waals surface area contributed by atoms with Crippen LogP contribution in [-0.4, -0.2) is 20.4 Å². The summed E-state index contributed by atoms with van der Waals surface area (Å²) < 4.78 is 61.6. The van der Waals surface area contributed by atoms with Crippen LogP contribution in [0.1, 0.15) is 29.3 Å². The molecular weight excluding hydrogens is 424 g/mol. The Bertz CT molecular complexity index is 1160. The molecule has 0 aliphatic heterocycles. The summed E-state index contributed by atoms with van der Waals surface area (Å²) in [4.78, 5) is 3.92. The van der Waals surface area contributed by atoms with E-state index >= 15 is 0 Å². The second-order valence-electron chi connectivity index (χ2n) is 6.68. The molecule has 0 amide bonds. The molecular formula is C21H13ClF4N2O2. The number of halogens is 5. The lowest BCUT2D eigenvalue weighted by Gasteiger charge is -2.19. The van der Waals surface area contributed by atoms with Gasteiger partial charge in [0.1, 0.15) is 29.3 Å². The topological polar surface area (TPSA) is 59.2 Å². The van der Waals surface area contributed by atoms with Crippen molar-refractivity contribution in [1.29, 1.82) is 0 Å². The van der Waals surface area contributed by atoms with E-state index in [-0.39, 0.29) is 28.2 Å². The third-order valence-corrected chi connectivity index (χ3v) is 4.87. The number of aromatic nitrogens is 2. The maximum Gasteiger partial charge on any atom is 0.208 e. The highest BCUT2D eigenvalue weighted by Crippen LogP contribution is 2.43. The summed E-state index contributed by atoms with van der Waals surface area (Å²) >= 11 is 5.54. The van der Waals surface area contributed by atoms with Crippen molar-refractivity contribution >= 4 is 17.2 Å². The Morgan fingerprint density at radius 1 is 1.20 bits per heavy atom. The zero-order chi connectivity index (χ0) is 21.5. The average molecular weight is 437 g/mol. The average Bonchev–Trinajstić information content (AvgIpc) is 3.11. The molecule has 1 aliphatic carbocycles. The van der Waals surface area contributed by atoms with E-state index in [1.54, 1.807) is 12.1 Å². The van der Waals surface area contributed by atoms with Crippen LogP contribution in [0.3, 0.4) is 0 Å². The number of hydrogen-bond donors (Lipinski definition) is 1. The molecule has 30 heavy (non-hydrogen) atoms. The molecule has 0 radical (unpaired) electrons. The molecule has 4 rings (SSSR count). The minimum absolute atomic E-state index is 0.0794. The van der Waals surface area contributed by atoms with Crippen LogP contribution in [0.2, 0.25) is 0 Å². The standard InChI is InChI=1S/C21H13ClF4N2O2/c22-21(26)6-5-13(16(25)9-21)18-17(19(29)11-2-1-7-27-10-11)20(30-28-18)14-4-3-12(23)8-15(14)24/h1-8,10,19,29H,9H2. The molecule has 0 saturated carbocycles. The van der Waals surface area contributed by atoms with Crippen LogP contribution >= 0.6 is 11.6 Å². The van der Waals surface area contributed by atoms with Crippen LogP contribution in [0.4, 0.5) is 17.6 Å². The van der Waals surface area contributed by atoms with E-state index in [9.17, 15) is 22.7 Å². The van der Waals surface area contributed by atoms with Gasteiger partial charge in [-0.2, -0.15) is 0 Å². The second-order valence-corrected chi connectivity index (χ2v) is 7.31. The molecule has 3 aromatic rings. The SMILES string of the molecule is OC(c1cccnc1)c1c(C2=C(F)CC(F)(Cl)C=C2)noc1-c1ccc(F)cc1F. The zero-order valence-corrected chi connectivity index (χ0v) is 15.9. The van der Waals surface area contributed by atoms with Crippen LogP contribution in [0.25, 0.3) is 16.9 Å². The second kappa shape index (κ2) is 7.70. The first-order valence-electron chi connectivity index (χ1n) is 8.76. The largest absolute Gasteiger partial charge is 0.383 e. The van der Waals surface area contributed by atoms with Crippen molar-refractivity contribution in [3.8, 4) is 11.3 Å². The van der Waals surface area contributed by atoms with E-state index < -0.39 is 35.1 Å². The predicted octanol–water partition coefficient (Wildman–Crippen LogP) is 5.64. The Balaban J connectivity index is 1.92. The van der Waals surface area contributed by atoms with Crippen LogP contribution in [0.5, 0.6) is 0 Å². The molecule has 1 aromatic carbocycles. The maximum absolute atomic E-state index is 14.6. The summed E-state index contributed by atoms with van der Waals surface area (Å²) in [6.07, 6.45) is 2.67. The van der Waals surface area contributed by atoms with E-state index in [1.165, 1.54) is 12.4 Å². The highest BCUT2D eigenvalue weighted by molar-refractivity contribution is 6.24. The van der Waals surface area contributed by atoms with Crippen LogP contribution < -0.4 is 0 Å². The number of pyridine rings is 1. The lowest BCUT2D eigenvalue weighted by molar-refractivity contribution is 0.219. The van der Waals surface area contributed by atoms with Gasteiger partial charge in [0, 0.05) is 29.6 Å². The first-order valence-corrected chi connectivity index (χ1v) is 9.13. The van der Waals surface area contributed by atoms with E-state index in [4.69, 9.17) is 16.1 Å². The van der Waals surface area contributed by atoms with E-state index in [2.05, 4.69) is 10.1 Å². The number of alkyl halides is 2. The molecule has 1 aliphatic rings. The lowest BCUT2D eigenvalue weighted by atomic mass is 9.92. The number of aliphatic hydroxyl groups is 1. The van der Waals surface area contributed by atoms with Gasteiger partial charge in [-0.05, 0) is 30.4 Å². The molecule has 0 spiro atoms. The molecule has 9 heteroatoms. The Morgan fingerprint density at radius 3 is 2.67 bits per heavy atom. The minimum Gasteiger partial charge on any atom is -0.383 e. The maximum atomic E-state index is 14.6. The number of allylic oxidation sites excluding steroid dienone is 4. The molecule has 2 aromatic heterocycles. The molecule has 2 heterocycles. The van der Waals surface area contributed by atoms with Gasteiger partial charge in [-0.1, -0.05) is 22.8 Å². The number of nitrogens with zero attached hydrogens (tertiary/aromatic N) is 2. The van der Waals surface area contributed by atoms with E-state index in [1.807, 2.05) is 0 Å². The van der Waals surface area contributed by atoms with Gasteiger partial charge < -0.3 is 9.63 Å². The highest BCUT2D eigenvalue weighted by atomic mass is 35.5. The van der Waals surface area contributed by atoms with Gasteiger partial charge in [0.2, 0.25) is 5.13 Å². The Hall–Kier alpha value is -2.97. The fraction of sp³-hybridized carbons (Fsp3) is 0.143. The molecule has 154 valence electrons. The van der Waals surface area contributed by atoms with Gasteiger partial charge in [0.15, 0.2) is 5.76 Å². The predicted molar refractivity (Wildman–Crippen MR) is 102 cm³/mol. The molecule has 0 fully saturated rings. The van der Waals surface area contributed by atoms with Crippen LogP contribution in [0.15, 0.2) is 65.2 Å². The fourth-order valence-electron chi connectivity index (χ4n) is 3.18. The van der Waals surface area contributed by atoms with E-state index in [0.717, 1.165) is 24.3 Å². The summed E-state index contributed by atoms with van der Waals surface area (Å²) in [6.45, 7) is 0. The Morgan fingerprint density at radius 2 is 2.00 bits per heavy atom. The summed E-state index contributed by atoms with van der Waals surface area (Å²) in [5.41, 5.74) is -0.301. The normalized spacial score (nSPS) is 19.9. The molecule has 1 N–H and O–H groups in total. The number of benzene rings is 1. The highest BCUT2D eigenvalue weighted by Gasteiger charge is 2.34.